The van der Waals surface area contributed by atoms with Crippen LogP contribution >= 0.6 is 11.6 Å². The van der Waals surface area contributed by atoms with Gasteiger partial charge in [-0.3, -0.25) is 10.1 Å². The number of ether oxygens (including phenoxy) is 2. The highest BCUT2D eigenvalue weighted by Crippen LogP contribution is 1.97. The fraction of sp³-hybridized carbons (Fsp3) is 0.500. The van der Waals surface area contributed by atoms with E-state index in [4.69, 9.17) is 21.1 Å². The second-order valence-corrected chi connectivity index (χ2v) is 3.54. The fourth-order valence-corrected chi connectivity index (χ4v) is 0.777. The van der Waals surface area contributed by atoms with Gasteiger partial charge in [0, 0.05) is 5.57 Å². The quantitative estimate of drug-likeness (QED) is 0.454. The van der Waals surface area contributed by atoms with Crippen LogP contribution < -0.4 is 5.32 Å². The standard InChI is InChI=1S/C10H14ClNO5/c1-6(2)9(14)16-5-7(3)17-10(15)12-8(13)4-11/h7H,1,4-5H2,2-3H3,(H,12,13,15). The number of nitrogens with one attached hydrogen (secondary N) is 1. The molecule has 0 heterocycles. The summed E-state index contributed by atoms with van der Waals surface area (Å²) in [6.07, 6.45) is -1.61. The lowest BCUT2D eigenvalue weighted by molar-refractivity contribution is -0.141. The predicted molar refractivity (Wildman–Crippen MR) is 60.6 cm³/mol. The molecule has 0 saturated carbocycles. The Labute approximate surface area is 104 Å². The van der Waals surface area contributed by atoms with Gasteiger partial charge in [0.2, 0.25) is 5.91 Å². The van der Waals surface area contributed by atoms with Crippen LogP contribution in [0.1, 0.15) is 13.8 Å². The van der Waals surface area contributed by atoms with Gasteiger partial charge in [-0.25, -0.2) is 9.59 Å². The molecule has 0 bridgehead atoms. The number of amides is 2. The first kappa shape index (κ1) is 15.4. The average Bonchev–Trinajstić information content (AvgIpc) is 2.25. The molecule has 0 aromatic rings. The molecule has 0 aliphatic heterocycles. The number of carbonyl (C=O) groups is 3. The third-order valence-corrected chi connectivity index (χ3v) is 1.71. The summed E-state index contributed by atoms with van der Waals surface area (Å²) in [5, 5.41) is 1.88. The van der Waals surface area contributed by atoms with E-state index in [0.29, 0.717) is 0 Å². The Morgan fingerprint density at radius 3 is 2.47 bits per heavy atom. The summed E-state index contributed by atoms with van der Waals surface area (Å²) >= 11 is 5.17. The van der Waals surface area contributed by atoms with Gasteiger partial charge in [-0.05, 0) is 13.8 Å². The first-order valence-corrected chi connectivity index (χ1v) is 5.29. The van der Waals surface area contributed by atoms with Crippen molar-refractivity contribution in [2.45, 2.75) is 20.0 Å². The molecule has 1 unspecified atom stereocenters. The highest BCUT2D eigenvalue weighted by Gasteiger charge is 2.14. The number of esters is 1. The number of rotatable bonds is 5. The summed E-state index contributed by atoms with van der Waals surface area (Å²) in [5.74, 6) is -1.57. The van der Waals surface area contributed by atoms with Crippen LogP contribution in [0.3, 0.4) is 0 Å². The minimum Gasteiger partial charge on any atom is -0.458 e. The minimum absolute atomic E-state index is 0.117. The Hall–Kier alpha value is -1.56. The van der Waals surface area contributed by atoms with Crippen LogP contribution in [0.2, 0.25) is 0 Å². The normalized spacial score (nSPS) is 11.2. The zero-order valence-corrected chi connectivity index (χ0v) is 10.4. The first-order valence-electron chi connectivity index (χ1n) is 4.75. The molecule has 0 spiro atoms. The Kier molecular flexibility index (Phi) is 6.97. The van der Waals surface area contributed by atoms with Crippen molar-refractivity contribution >= 4 is 29.6 Å². The maximum absolute atomic E-state index is 11.0. The Morgan fingerprint density at radius 2 is 2.00 bits per heavy atom. The number of halogens is 1. The Bertz CT molecular complexity index is 329. The highest BCUT2D eigenvalue weighted by atomic mass is 35.5. The molecule has 0 rings (SSSR count). The van der Waals surface area contributed by atoms with Crippen LogP contribution in [0.25, 0.3) is 0 Å². The van der Waals surface area contributed by atoms with E-state index in [1.54, 1.807) is 0 Å². The molecule has 96 valence electrons. The van der Waals surface area contributed by atoms with Gasteiger partial charge in [-0.1, -0.05) is 6.58 Å². The van der Waals surface area contributed by atoms with Crippen molar-refractivity contribution < 1.29 is 23.9 Å². The number of alkyl carbamates (subject to hydrolysis) is 1. The van der Waals surface area contributed by atoms with Crippen LogP contribution in [0.4, 0.5) is 4.79 Å². The number of carbonyl (C=O) groups excluding carboxylic acids is 3. The summed E-state index contributed by atoms with van der Waals surface area (Å²) in [6.45, 7) is 6.28. The molecule has 17 heavy (non-hydrogen) atoms. The molecule has 1 N–H and O–H groups in total. The lowest BCUT2D eigenvalue weighted by Crippen LogP contribution is -2.35. The molecule has 0 radical (unpaired) electrons. The van der Waals surface area contributed by atoms with E-state index in [2.05, 4.69) is 6.58 Å². The Balaban J connectivity index is 3.90. The van der Waals surface area contributed by atoms with Gasteiger partial charge in [0.05, 0.1) is 0 Å². The second kappa shape index (κ2) is 7.67. The molecule has 0 aromatic carbocycles. The minimum atomic E-state index is -0.936. The summed E-state index contributed by atoms with van der Waals surface area (Å²) in [6, 6.07) is 0. The maximum Gasteiger partial charge on any atom is 0.414 e. The van der Waals surface area contributed by atoms with Crippen molar-refractivity contribution in [1.82, 2.24) is 5.32 Å². The summed E-state index contributed by atoms with van der Waals surface area (Å²) in [4.78, 5) is 32.8. The molecule has 6 nitrogen and oxygen atoms in total. The van der Waals surface area contributed by atoms with Gasteiger partial charge < -0.3 is 9.47 Å². The highest BCUT2D eigenvalue weighted by molar-refractivity contribution is 6.28. The smallest absolute Gasteiger partial charge is 0.414 e. The van der Waals surface area contributed by atoms with Crippen molar-refractivity contribution in [3.63, 3.8) is 0 Å². The summed E-state index contributed by atoms with van der Waals surface area (Å²) in [7, 11) is 0. The van der Waals surface area contributed by atoms with Crippen LogP contribution in [-0.4, -0.2) is 36.6 Å². The van der Waals surface area contributed by atoms with Crippen LogP contribution in [-0.2, 0) is 19.1 Å². The molecule has 2 amide bonds. The van der Waals surface area contributed by atoms with Crippen molar-refractivity contribution in [1.29, 1.82) is 0 Å². The summed E-state index contributed by atoms with van der Waals surface area (Å²) in [5.41, 5.74) is 0.249. The van der Waals surface area contributed by atoms with Crippen molar-refractivity contribution in [2.75, 3.05) is 12.5 Å². The molecule has 0 aliphatic rings. The summed E-state index contributed by atoms with van der Waals surface area (Å²) < 4.78 is 9.46. The third kappa shape index (κ3) is 7.35. The number of imide groups is 1. The van der Waals surface area contributed by atoms with E-state index in [-0.39, 0.29) is 18.1 Å². The van der Waals surface area contributed by atoms with E-state index in [1.165, 1.54) is 13.8 Å². The molecule has 7 heteroatoms. The molecule has 1 atom stereocenters. The van der Waals surface area contributed by atoms with Gasteiger partial charge in [0.15, 0.2) is 0 Å². The number of alkyl halides is 1. The maximum atomic E-state index is 11.0. The molecular formula is C10H14ClNO5. The van der Waals surface area contributed by atoms with Crippen molar-refractivity contribution in [3.05, 3.63) is 12.2 Å². The van der Waals surface area contributed by atoms with Gasteiger partial charge in [-0.15, -0.1) is 11.6 Å². The predicted octanol–water partition coefficient (Wildman–Crippen LogP) is 0.986. The van der Waals surface area contributed by atoms with Crippen LogP contribution in [0.5, 0.6) is 0 Å². The molecule has 0 fully saturated rings. The second-order valence-electron chi connectivity index (χ2n) is 3.28. The van der Waals surface area contributed by atoms with Crippen molar-refractivity contribution in [3.8, 4) is 0 Å². The largest absolute Gasteiger partial charge is 0.458 e. The zero-order valence-electron chi connectivity index (χ0n) is 9.62. The van der Waals surface area contributed by atoms with E-state index in [1.807, 2.05) is 5.32 Å². The fourth-order valence-electron chi connectivity index (χ4n) is 0.710. The number of hydrogen-bond donors (Lipinski definition) is 1. The van der Waals surface area contributed by atoms with E-state index in [0.717, 1.165) is 0 Å². The van der Waals surface area contributed by atoms with Crippen molar-refractivity contribution in [2.24, 2.45) is 0 Å². The zero-order chi connectivity index (χ0) is 13.4. The van der Waals surface area contributed by atoms with E-state index < -0.39 is 24.1 Å². The lowest BCUT2D eigenvalue weighted by atomic mass is 10.3. The van der Waals surface area contributed by atoms with Crippen LogP contribution in [0.15, 0.2) is 12.2 Å². The molecule has 0 aliphatic carbocycles. The van der Waals surface area contributed by atoms with E-state index >= 15 is 0 Å². The van der Waals surface area contributed by atoms with Gasteiger partial charge in [0.1, 0.15) is 18.6 Å². The van der Waals surface area contributed by atoms with Gasteiger partial charge in [0.25, 0.3) is 0 Å². The monoisotopic (exact) mass is 263 g/mol. The van der Waals surface area contributed by atoms with Crippen LogP contribution in [0, 0.1) is 0 Å². The topological polar surface area (TPSA) is 81.7 Å². The van der Waals surface area contributed by atoms with Gasteiger partial charge in [-0.2, -0.15) is 0 Å². The lowest BCUT2D eigenvalue weighted by Gasteiger charge is -2.13. The SMILES string of the molecule is C=C(C)C(=O)OCC(C)OC(=O)NC(=O)CCl. The number of hydrogen-bond acceptors (Lipinski definition) is 5. The molecule has 0 saturated heterocycles. The Morgan fingerprint density at radius 1 is 1.41 bits per heavy atom. The molecular weight excluding hydrogens is 250 g/mol. The van der Waals surface area contributed by atoms with E-state index in [9.17, 15) is 14.4 Å². The third-order valence-electron chi connectivity index (χ3n) is 1.47. The average molecular weight is 264 g/mol. The first-order chi connectivity index (χ1) is 7.86. The van der Waals surface area contributed by atoms with Gasteiger partial charge >= 0.3 is 12.1 Å². The molecule has 0 aromatic heterocycles.